The number of amides is 2. The second-order valence-electron chi connectivity index (χ2n) is 4.09. The number of carbonyl (C=O) groups is 3. The van der Waals surface area contributed by atoms with Gasteiger partial charge < -0.3 is 15.4 Å². The van der Waals surface area contributed by atoms with Crippen LogP contribution in [-0.2, 0) is 14.3 Å². The number of hydrogen-bond donors (Lipinski definition) is 2. The van der Waals surface area contributed by atoms with Crippen molar-refractivity contribution in [1.82, 2.24) is 5.32 Å². The molecule has 100 valence electrons. The fourth-order valence-electron chi connectivity index (χ4n) is 1.87. The van der Waals surface area contributed by atoms with Crippen LogP contribution in [0.4, 0.5) is 11.4 Å². The fraction of sp³-hybridized carbons (Fsp3) is 0.250. The number of carbonyl (C=O) groups excluding carboxylic acids is 3. The summed E-state index contributed by atoms with van der Waals surface area (Å²) in [5.74, 6) is -1.31. The van der Waals surface area contributed by atoms with Crippen LogP contribution in [0.25, 0.3) is 0 Å². The number of piperazine rings is 1. The van der Waals surface area contributed by atoms with E-state index in [4.69, 9.17) is 5.73 Å². The Hall–Kier alpha value is -2.57. The van der Waals surface area contributed by atoms with Crippen LogP contribution >= 0.6 is 0 Å². The Morgan fingerprint density at radius 2 is 1.95 bits per heavy atom. The van der Waals surface area contributed by atoms with Crippen LogP contribution in [0.2, 0.25) is 0 Å². The summed E-state index contributed by atoms with van der Waals surface area (Å²) in [4.78, 5) is 35.7. The first-order valence-electron chi connectivity index (χ1n) is 5.56. The summed E-state index contributed by atoms with van der Waals surface area (Å²) in [6.45, 7) is 0.0289. The molecule has 2 amide bonds. The smallest absolute Gasteiger partial charge is 0.337 e. The molecule has 2 rings (SSSR count). The Kier molecular flexibility index (Phi) is 3.37. The number of nitrogens with two attached hydrogens (primary N) is 1. The molecule has 1 aliphatic heterocycles. The van der Waals surface area contributed by atoms with Crippen molar-refractivity contribution in [3.05, 3.63) is 23.8 Å². The molecule has 0 spiro atoms. The summed E-state index contributed by atoms with van der Waals surface area (Å²) < 4.78 is 4.62. The maximum Gasteiger partial charge on any atom is 0.337 e. The molecule has 1 heterocycles. The van der Waals surface area contributed by atoms with Gasteiger partial charge in [0.25, 0.3) is 0 Å². The zero-order valence-corrected chi connectivity index (χ0v) is 10.3. The molecule has 0 aliphatic carbocycles. The number of nitrogen functional groups attached to an aromatic ring is 1. The second-order valence-corrected chi connectivity index (χ2v) is 4.09. The van der Waals surface area contributed by atoms with E-state index in [1.807, 2.05) is 0 Å². The first kappa shape index (κ1) is 12.9. The van der Waals surface area contributed by atoms with E-state index < -0.39 is 17.8 Å². The molecular weight excluding hydrogens is 250 g/mol. The van der Waals surface area contributed by atoms with Crippen molar-refractivity contribution in [2.45, 2.75) is 0 Å². The molecule has 0 aromatic heterocycles. The number of rotatable bonds is 2. The molecule has 3 N–H and O–H groups in total. The molecule has 7 nitrogen and oxygen atoms in total. The van der Waals surface area contributed by atoms with Crippen LogP contribution in [0.3, 0.4) is 0 Å². The van der Waals surface area contributed by atoms with Crippen molar-refractivity contribution < 1.29 is 19.1 Å². The average Bonchev–Trinajstić information content (AvgIpc) is 2.37. The molecule has 0 radical (unpaired) electrons. The van der Waals surface area contributed by atoms with Crippen molar-refractivity contribution in [2.75, 3.05) is 30.8 Å². The standard InChI is InChI=1S/C12H13N3O4/c1-19-12(18)7-2-3-8(13)9(4-7)15-5-10(16)14-11(17)6-15/h2-4H,5-6,13H2,1H3,(H,14,16,17). The highest BCUT2D eigenvalue weighted by Crippen LogP contribution is 2.25. The van der Waals surface area contributed by atoms with Crippen LogP contribution in [0.5, 0.6) is 0 Å². The Balaban J connectivity index is 2.35. The maximum atomic E-state index is 11.5. The van der Waals surface area contributed by atoms with Gasteiger partial charge in [-0.25, -0.2) is 4.79 Å². The van der Waals surface area contributed by atoms with E-state index in [0.29, 0.717) is 16.9 Å². The summed E-state index contributed by atoms with van der Waals surface area (Å²) in [6.07, 6.45) is 0. The Morgan fingerprint density at radius 3 is 2.53 bits per heavy atom. The lowest BCUT2D eigenvalue weighted by atomic mass is 10.1. The van der Waals surface area contributed by atoms with E-state index in [-0.39, 0.29) is 13.1 Å². The van der Waals surface area contributed by atoms with Gasteiger partial charge in [-0.2, -0.15) is 0 Å². The number of methoxy groups -OCH3 is 1. The number of benzene rings is 1. The molecule has 7 heteroatoms. The molecule has 1 saturated heterocycles. The summed E-state index contributed by atoms with van der Waals surface area (Å²) in [5, 5.41) is 2.20. The third-order valence-electron chi connectivity index (χ3n) is 2.74. The zero-order valence-electron chi connectivity index (χ0n) is 10.3. The Morgan fingerprint density at radius 1 is 1.32 bits per heavy atom. The first-order valence-corrected chi connectivity index (χ1v) is 5.56. The third kappa shape index (κ3) is 2.65. The molecule has 1 aromatic rings. The van der Waals surface area contributed by atoms with Gasteiger partial charge in [-0.15, -0.1) is 0 Å². The minimum atomic E-state index is -0.506. The number of esters is 1. The van der Waals surface area contributed by atoms with Crippen molar-refractivity contribution in [1.29, 1.82) is 0 Å². The van der Waals surface area contributed by atoms with Gasteiger partial charge in [0, 0.05) is 0 Å². The lowest BCUT2D eigenvalue weighted by molar-refractivity contribution is -0.130. The molecule has 0 atom stereocenters. The van der Waals surface area contributed by atoms with E-state index in [1.54, 1.807) is 6.07 Å². The highest BCUT2D eigenvalue weighted by Gasteiger charge is 2.24. The van der Waals surface area contributed by atoms with E-state index in [1.165, 1.54) is 24.1 Å². The van der Waals surface area contributed by atoms with E-state index >= 15 is 0 Å². The average molecular weight is 263 g/mol. The topological polar surface area (TPSA) is 102 Å². The van der Waals surface area contributed by atoms with Crippen molar-refractivity contribution in [3.63, 3.8) is 0 Å². The van der Waals surface area contributed by atoms with E-state index in [0.717, 1.165) is 0 Å². The number of nitrogens with one attached hydrogen (secondary N) is 1. The van der Waals surface area contributed by atoms with E-state index in [2.05, 4.69) is 10.1 Å². The molecular formula is C12H13N3O4. The van der Waals surface area contributed by atoms with Crippen molar-refractivity contribution in [3.8, 4) is 0 Å². The minimum absolute atomic E-state index is 0.0145. The van der Waals surface area contributed by atoms with Crippen LogP contribution in [-0.4, -0.2) is 38.0 Å². The van der Waals surface area contributed by atoms with Gasteiger partial charge in [-0.05, 0) is 18.2 Å². The summed E-state index contributed by atoms with van der Waals surface area (Å²) in [5.41, 5.74) is 6.97. The largest absolute Gasteiger partial charge is 0.465 e. The summed E-state index contributed by atoms with van der Waals surface area (Å²) in [7, 11) is 1.27. The van der Waals surface area contributed by atoms with Gasteiger partial charge in [0.2, 0.25) is 11.8 Å². The Labute approximate surface area is 109 Å². The quantitative estimate of drug-likeness (QED) is 0.424. The van der Waals surface area contributed by atoms with Gasteiger partial charge in [0.15, 0.2) is 0 Å². The van der Waals surface area contributed by atoms with Gasteiger partial charge >= 0.3 is 5.97 Å². The third-order valence-corrected chi connectivity index (χ3v) is 2.74. The lowest BCUT2D eigenvalue weighted by Crippen LogP contribution is -2.51. The number of ether oxygens (including phenoxy) is 1. The monoisotopic (exact) mass is 263 g/mol. The molecule has 1 fully saturated rings. The Bertz CT molecular complexity index is 540. The summed E-state index contributed by atoms with van der Waals surface area (Å²) >= 11 is 0. The van der Waals surface area contributed by atoms with Crippen LogP contribution in [0, 0.1) is 0 Å². The number of imide groups is 1. The minimum Gasteiger partial charge on any atom is -0.465 e. The normalized spacial score (nSPS) is 15.1. The number of anilines is 2. The van der Waals surface area contributed by atoms with Crippen LogP contribution < -0.4 is 16.0 Å². The predicted octanol–water partition coefficient (Wildman–Crippen LogP) is -0.482. The fourth-order valence-corrected chi connectivity index (χ4v) is 1.87. The van der Waals surface area contributed by atoms with Crippen molar-refractivity contribution in [2.24, 2.45) is 0 Å². The van der Waals surface area contributed by atoms with Crippen LogP contribution in [0.1, 0.15) is 10.4 Å². The van der Waals surface area contributed by atoms with Gasteiger partial charge in [-0.3, -0.25) is 14.9 Å². The molecule has 0 bridgehead atoms. The lowest BCUT2D eigenvalue weighted by Gasteiger charge is -2.28. The SMILES string of the molecule is COC(=O)c1ccc(N)c(N2CC(=O)NC(=O)C2)c1. The molecule has 0 saturated carbocycles. The predicted molar refractivity (Wildman–Crippen MR) is 67.6 cm³/mol. The molecule has 1 aromatic carbocycles. The molecule has 19 heavy (non-hydrogen) atoms. The van der Waals surface area contributed by atoms with Gasteiger partial charge in [0.1, 0.15) is 0 Å². The van der Waals surface area contributed by atoms with E-state index in [9.17, 15) is 14.4 Å². The highest BCUT2D eigenvalue weighted by atomic mass is 16.5. The van der Waals surface area contributed by atoms with Crippen molar-refractivity contribution >= 4 is 29.2 Å². The first-order chi connectivity index (χ1) is 9.01. The number of nitrogens with zero attached hydrogens (tertiary/aromatic N) is 1. The highest BCUT2D eigenvalue weighted by molar-refractivity contribution is 6.03. The second kappa shape index (κ2) is 4.97. The van der Waals surface area contributed by atoms with Gasteiger partial charge in [-0.1, -0.05) is 0 Å². The van der Waals surface area contributed by atoms with Crippen LogP contribution in [0.15, 0.2) is 18.2 Å². The van der Waals surface area contributed by atoms with Gasteiger partial charge in [0.05, 0.1) is 37.1 Å². The molecule has 0 unspecified atom stereocenters. The molecule has 1 aliphatic rings. The number of hydrogen-bond acceptors (Lipinski definition) is 6. The summed E-state index contributed by atoms with van der Waals surface area (Å²) in [6, 6.07) is 4.57. The zero-order chi connectivity index (χ0) is 14.0. The maximum absolute atomic E-state index is 11.5.